The van der Waals surface area contributed by atoms with Gasteiger partial charge < -0.3 is 10.9 Å². The predicted octanol–water partition coefficient (Wildman–Crippen LogP) is 1.80. The second-order valence-corrected chi connectivity index (χ2v) is 4.97. The molecule has 0 aromatic carbocycles. The zero-order chi connectivity index (χ0) is 12.8. The Balaban J connectivity index is 2.70. The fourth-order valence-electron chi connectivity index (χ4n) is 1.37. The highest BCUT2D eigenvalue weighted by atomic mass is 79.9. The highest BCUT2D eigenvalue weighted by Crippen LogP contribution is 2.10. The van der Waals surface area contributed by atoms with Crippen LogP contribution in [0.2, 0.25) is 0 Å². The molecule has 1 aromatic rings. The first-order chi connectivity index (χ1) is 8.02. The summed E-state index contributed by atoms with van der Waals surface area (Å²) >= 11 is 3.34. The van der Waals surface area contributed by atoms with Crippen molar-refractivity contribution in [3.05, 3.63) is 28.5 Å². The third-order valence-electron chi connectivity index (χ3n) is 2.38. The summed E-state index contributed by atoms with van der Waals surface area (Å²) < 4.78 is 0.953. The maximum Gasteiger partial charge on any atom is 0.153 e. The molecule has 1 heterocycles. The Bertz CT molecular complexity index is 378. The van der Waals surface area contributed by atoms with E-state index in [1.807, 2.05) is 12.1 Å². The van der Waals surface area contributed by atoms with Gasteiger partial charge in [0.2, 0.25) is 0 Å². The van der Waals surface area contributed by atoms with Crippen LogP contribution in [0.25, 0.3) is 0 Å². The summed E-state index contributed by atoms with van der Waals surface area (Å²) in [5, 5.41) is 11.6. The van der Waals surface area contributed by atoms with Gasteiger partial charge in [-0.1, -0.05) is 5.16 Å². The second kappa shape index (κ2) is 6.56. The van der Waals surface area contributed by atoms with Crippen molar-refractivity contribution >= 4 is 21.8 Å². The number of pyridine rings is 1. The standard InChI is InChI=1S/C11H17BrN4O/c1-8(2)16(7-11(13)15-17)6-10-4-3-9(12)5-14-10/h3-5,8,17H,6-7H2,1-2H3,(H2,13,15). The van der Waals surface area contributed by atoms with Gasteiger partial charge >= 0.3 is 0 Å². The monoisotopic (exact) mass is 300 g/mol. The molecule has 0 bridgehead atoms. The Morgan fingerprint density at radius 3 is 2.76 bits per heavy atom. The normalized spacial score (nSPS) is 12.4. The van der Waals surface area contributed by atoms with Gasteiger partial charge in [0.05, 0.1) is 12.2 Å². The van der Waals surface area contributed by atoms with E-state index < -0.39 is 0 Å². The minimum absolute atomic E-state index is 0.204. The van der Waals surface area contributed by atoms with Gasteiger partial charge in [-0.15, -0.1) is 0 Å². The molecular formula is C11H17BrN4O. The molecule has 0 spiro atoms. The van der Waals surface area contributed by atoms with Crippen LogP contribution >= 0.6 is 15.9 Å². The van der Waals surface area contributed by atoms with Gasteiger partial charge in [0.25, 0.3) is 0 Å². The van der Waals surface area contributed by atoms with Crippen molar-refractivity contribution < 1.29 is 5.21 Å². The fourth-order valence-corrected chi connectivity index (χ4v) is 1.60. The zero-order valence-corrected chi connectivity index (χ0v) is 11.6. The molecule has 5 nitrogen and oxygen atoms in total. The van der Waals surface area contributed by atoms with Crippen LogP contribution in [0.3, 0.4) is 0 Å². The minimum Gasteiger partial charge on any atom is -0.409 e. The van der Waals surface area contributed by atoms with Crippen LogP contribution in [0.15, 0.2) is 28.0 Å². The van der Waals surface area contributed by atoms with Gasteiger partial charge in [-0.05, 0) is 41.9 Å². The second-order valence-electron chi connectivity index (χ2n) is 4.06. The number of rotatable bonds is 5. The molecule has 0 radical (unpaired) electrons. The van der Waals surface area contributed by atoms with Crippen LogP contribution < -0.4 is 5.73 Å². The van der Waals surface area contributed by atoms with Crippen LogP contribution in [-0.2, 0) is 6.54 Å². The lowest BCUT2D eigenvalue weighted by Gasteiger charge is -2.25. The number of nitrogens with zero attached hydrogens (tertiary/aromatic N) is 3. The largest absolute Gasteiger partial charge is 0.409 e. The number of oxime groups is 1. The van der Waals surface area contributed by atoms with Crippen molar-refractivity contribution in [1.29, 1.82) is 0 Å². The van der Waals surface area contributed by atoms with Crippen LogP contribution in [0, 0.1) is 0 Å². The Labute approximate surface area is 109 Å². The molecular weight excluding hydrogens is 284 g/mol. The molecule has 0 aliphatic rings. The van der Waals surface area contributed by atoms with E-state index in [4.69, 9.17) is 10.9 Å². The topological polar surface area (TPSA) is 74.7 Å². The molecule has 0 saturated heterocycles. The van der Waals surface area contributed by atoms with Crippen molar-refractivity contribution in [3.63, 3.8) is 0 Å². The lowest BCUT2D eigenvalue weighted by Crippen LogP contribution is -2.38. The maximum atomic E-state index is 8.58. The maximum absolute atomic E-state index is 8.58. The number of aromatic nitrogens is 1. The first-order valence-corrected chi connectivity index (χ1v) is 6.13. The smallest absolute Gasteiger partial charge is 0.153 e. The minimum atomic E-state index is 0.204. The average Bonchev–Trinajstić information content (AvgIpc) is 2.30. The predicted molar refractivity (Wildman–Crippen MR) is 70.9 cm³/mol. The quantitative estimate of drug-likeness (QED) is 0.376. The molecule has 6 heteroatoms. The SMILES string of the molecule is CC(C)N(C/C(N)=N/O)Cc1ccc(Br)cn1. The number of amidine groups is 1. The highest BCUT2D eigenvalue weighted by Gasteiger charge is 2.12. The Hall–Kier alpha value is -1.14. The van der Waals surface area contributed by atoms with Gasteiger partial charge in [0.1, 0.15) is 0 Å². The molecule has 0 saturated carbocycles. The fraction of sp³-hybridized carbons (Fsp3) is 0.455. The summed E-state index contributed by atoms with van der Waals surface area (Å²) in [6, 6.07) is 4.19. The molecule has 1 aromatic heterocycles. The molecule has 0 amide bonds. The molecule has 0 fully saturated rings. The molecule has 17 heavy (non-hydrogen) atoms. The zero-order valence-electron chi connectivity index (χ0n) is 9.97. The van der Waals surface area contributed by atoms with Crippen LogP contribution in [0.5, 0.6) is 0 Å². The van der Waals surface area contributed by atoms with E-state index in [0.29, 0.717) is 19.1 Å². The van der Waals surface area contributed by atoms with E-state index in [1.165, 1.54) is 0 Å². The molecule has 94 valence electrons. The van der Waals surface area contributed by atoms with Crippen molar-refractivity contribution in [2.24, 2.45) is 10.9 Å². The van der Waals surface area contributed by atoms with Crippen LogP contribution in [0.4, 0.5) is 0 Å². The number of halogens is 1. The average molecular weight is 301 g/mol. The summed E-state index contributed by atoms with van der Waals surface area (Å²) in [6.07, 6.45) is 1.76. The van der Waals surface area contributed by atoms with Crippen molar-refractivity contribution in [1.82, 2.24) is 9.88 Å². The Morgan fingerprint density at radius 2 is 2.29 bits per heavy atom. The van der Waals surface area contributed by atoms with Gasteiger partial charge in [-0.3, -0.25) is 9.88 Å². The van der Waals surface area contributed by atoms with E-state index >= 15 is 0 Å². The molecule has 0 unspecified atom stereocenters. The van der Waals surface area contributed by atoms with E-state index in [9.17, 15) is 0 Å². The third-order valence-corrected chi connectivity index (χ3v) is 2.85. The van der Waals surface area contributed by atoms with E-state index in [2.05, 4.69) is 44.8 Å². The van der Waals surface area contributed by atoms with E-state index in [-0.39, 0.29) is 5.84 Å². The lowest BCUT2D eigenvalue weighted by molar-refractivity contribution is 0.236. The summed E-state index contributed by atoms with van der Waals surface area (Å²) in [5.74, 6) is 0.204. The first-order valence-electron chi connectivity index (χ1n) is 5.33. The Kier molecular flexibility index (Phi) is 5.37. The van der Waals surface area contributed by atoms with Crippen molar-refractivity contribution in [2.75, 3.05) is 6.54 Å². The molecule has 3 N–H and O–H groups in total. The summed E-state index contributed by atoms with van der Waals surface area (Å²) in [5.41, 5.74) is 6.47. The molecule has 0 aliphatic carbocycles. The van der Waals surface area contributed by atoms with E-state index in [0.717, 1.165) is 10.2 Å². The Morgan fingerprint density at radius 1 is 1.59 bits per heavy atom. The van der Waals surface area contributed by atoms with Crippen LogP contribution in [-0.4, -0.2) is 33.5 Å². The van der Waals surface area contributed by atoms with Gasteiger partial charge in [0.15, 0.2) is 5.84 Å². The van der Waals surface area contributed by atoms with Crippen molar-refractivity contribution in [3.8, 4) is 0 Å². The number of hydrogen-bond donors (Lipinski definition) is 2. The van der Waals surface area contributed by atoms with Gasteiger partial charge in [-0.2, -0.15) is 0 Å². The highest BCUT2D eigenvalue weighted by molar-refractivity contribution is 9.10. The number of hydrogen-bond acceptors (Lipinski definition) is 4. The molecule has 1 rings (SSSR count). The third kappa shape index (κ3) is 4.70. The molecule has 0 atom stereocenters. The lowest BCUT2D eigenvalue weighted by atomic mass is 10.2. The van der Waals surface area contributed by atoms with Crippen LogP contribution in [0.1, 0.15) is 19.5 Å². The van der Waals surface area contributed by atoms with E-state index in [1.54, 1.807) is 6.20 Å². The summed E-state index contributed by atoms with van der Waals surface area (Å²) in [6.45, 7) is 5.21. The summed E-state index contributed by atoms with van der Waals surface area (Å²) in [4.78, 5) is 6.38. The number of nitrogens with two attached hydrogens (primary N) is 1. The molecule has 0 aliphatic heterocycles. The first kappa shape index (κ1) is 13.9. The van der Waals surface area contributed by atoms with Gasteiger partial charge in [-0.25, -0.2) is 0 Å². The van der Waals surface area contributed by atoms with Gasteiger partial charge in [0, 0.05) is 23.3 Å². The van der Waals surface area contributed by atoms with Crippen molar-refractivity contribution in [2.45, 2.75) is 26.4 Å². The summed E-state index contributed by atoms with van der Waals surface area (Å²) in [7, 11) is 0.